The Morgan fingerprint density at radius 2 is 1.25 bits per heavy atom. The number of nitrogens with two attached hydrogens (primary N) is 1. The molecule has 0 radical (unpaired) electrons. The number of allylic oxidation sites excluding steroid dienone is 2. The largest absolute Gasteiger partial charge is 0.325 e. The summed E-state index contributed by atoms with van der Waals surface area (Å²) in [6, 6.07) is 0. The lowest BCUT2D eigenvalue weighted by atomic mass is 9.96. The zero-order chi connectivity index (χ0) is 18.1. The Morgan fingerprint density at radius 1 is 0.792 bits per heavy atom. The van der Waals surface area contributed by atoms with Crippen LogP contribution in [0.15, 0.2) is 12.2 Å². The molecule has 0 aromatic rings. The molecule has 142 valence electrons. The summed E-state index contributed by atoms with van der Waals surface area (Å²) >= 11 is 0. The first-order valence-electron chi connectivity index (χ1n) is 10.4. The molecule has 2 heteroatoms. The molecule has 0 unspecified atom stereocenters. The second kappa shape index (κ2) is 15.9. The maximum absolute atomic E-state index is 11.7. The Morgan fingerprint density at radius 3 is 1.75 bits per heavy atom. The van der Waals surface area contributed by atoms with E-state index in [1.807, 2.05) is 13.8 Å². The van der Waals surface area contributed by atoms with Gasteiger partial charge in [-0.3, -0.25) is 4.79 Å². The number of rotatable bonds is 17. The van der Waals surface area contributed by atoms with Gasteiger partial charge >= 0.3 is 0 Å². The Bertz CT molecular complexity index is 314. The second-order valence-electron chi connectivity index (χ2n) is 8.04. The highest BCUT2D eigenvalue weighted by Crippen LogP contribution is 2.12. The van der Waals surface area contributed by atoms with Crippen LogP contribution in [0.1, 0.15) is 117 Å². The van der Waals surface area contributed by atoms with Gasteiger partial charge in [-0.05, 0) is 46.0 Å². The van der Waals surface area contributed by atoms with Crippen LogP contribution >= 0.6 is 0 Å². The van der Waals surface area contributed by atoms with Gasteiger partial charge in [-0.15, -0.1) is 0 Å². The van der Waals surface area contributed by atoms with Crippen molar-refractivity contribution in [2.75, 3.05) is 0 Å². The van der Waals surface area contributed by atoms with Crippen LogP contribution in [-0.2, 0) is 4.79 Å². The smallest absolute Gasteiger partial charge is 0.134 e. The molecule has 0 atom stereocenters. The van der Waals surface area contributed by atoms with Crippen LogP contribution in [-0.4, -0.2) is 11.3 Å². The van der Waals surface area contributed by atoms with E-state index in [0.717, 1.165) is 6.42 Å². The predicted octanol–water partition coefficient (Wildman–Crippen LogP) is 6.72. The molecule has 0 aromatic heterocycles. The van der Waals surface area contributed by atoms with E-state index < -0.39 is 0 Å². The molecule has 2 N–H and O–H groups in total. The molecule has 24 heavy (non-hydrogen) atoms. The maximum atomic E-state index is 11.7. The van der Waals surface area contributed by atoms with Gasteiger partial charge in [0, 0.05) is 18.4 Å². The Labute approximate surface area is 151 Å². The normalized spacial score (nSPS) is 12.2. The van der Waals surface area contributed by atoms with Gasteiger partial charge in [0.15, 0.2) is 0 Å². The molecule has 0 heterocycles. The lowest BCUT2D eigenvalue weighted by Crippen LogP contribution is -2.34. The van der Waals surface area contributed by atoms with Crippen molar-refractivity contribution in [2.24, 2.45) is 5.73 Å². The molecule has 0 saturated heterocycles. The molecule has 0 aliphatic heterocycles. The number of ketones is 1. The van der Waals surface area contributed by atoms with E-state index >= 15 is 0 Å². The number of unbranched alkanes of at least 4 members (excludes halogenated alkanes) is 11. The summed E-state index contributed by atoms with van der Waals surface area (Å²) < 4.78 is 0. The number of Topliss-reactive ketones (excluding diaryl/α,β-unsaturated/α-hetero) is 1. The van der Waals surface area contributed by atoms with Crippen LogP contribution in [0.5, 0.6) is 0 Å². The molecule has 0 spiro atoms. The molecule has 0 aromatic carbocycles. The van der Waals surface area contributed by atoms with Gasteiger partial charge < -0.3 is 5.73 Å². The topological polar surface area (TPSA) is 43.1 Å². The zero-order valence-electron chi connectivity index (χ0n) is 16.7. The van der Waals surface area contributed by atoms with Gasteiger partial charge in [-0.25, -0.2) is 0 Å². The molecular weight excluding hydrogens is 294 g/mol. The van der Waals surface area contributed by atoms with Crippen molar-refractivity contribution in [3.63, 3.8) is 0 Å². The van der Waals surface area contributed by atoms with Gasteiger partial charge in [0.2, 0.25) is 0 Å². The lowest BCUT2D eigenvalue weighted by molar-refractivity contribution is -0.120. The average molecular weight is 338 g/mol. The van der Waals surface area contributed by atoms with Crippen LogP contribution in [0.25, 0.3) is 0 Å². The highest BCUT2D eigenvalue weighted by atomic mass is 16.1. The summed E-state index contributed by atoms with van der Waals surface area (Å²) in [5.74, 6) is 0.320. The van der Waals surface area contributed by atoms with Gasteiger partial charge in [0.25, 0.3) is 0 Å². The van der Waals surface area contributed by atoms with Crippen molar-refractivity contribution >= 4 is 5.78 Å². The summed E-state index contributed by atoms with van der Waals surface area (Å²) in [7, 11) is 0. The minimum Gasteiger partial charge on any atom is -0.325 e. The fourth-order valence-corrected chi connectivity index (χ4v) is 2.99. The summed E-state index contributed by atoms with van der Waals surface area (Å²) in [5.41, 5.74) is 5.52. The van der Waals surface area contributed by atoms with Crippen molar-refractivity contribution in [3.05, 3.63) is 12.2 Å². The molecule has 0 aliphatic carbocycles. The minimum absolute atomic E-state index is 0.320. The van der Waals surface area contributed by atoms with Crippen molar-refractivity contribution < 1.29 is 4.79 Å². The highest BCUT2D eigenvalue weighted by molar-refractivity contribution is 5.79. The first-order valence-corrected chi connectivity index (χ1v) is 10.4. The number of hydrogen-bond acceptors (Lipinski definition) is 2. The fourth-order valence-electron chi connectivity index (χ4n) is 2.99. The second-order valence-corrected chi connectivity index (χ2v) is 8.04. The molecule has 0 aliphatic rings. The summed E-state index contributed by atoms with van der Waals surface area (Å²) in [6.45, 7) is 6.11. The number of carbonyl (C=O) groups is 1. The Hall–Kier alpha value is -0.630. The summed E-state index contributed by atoms with van der Waals surface area (Å²) in [6.07, 6.45) is 22.8. The first-order chi connectivity index (χ1) is 11.5. The maximum Gasteiger partial charge on any atom is 0.134 e. The van der Waals surface area contributed by atoms with Crippen LogP contribution < -0.4 is 5.73 Å². The quantitative estimate of drug-likeness (QED) is 0.236. The lowest BCUT2D eigenvalue weighted by Gasteiger charge is -2.16. The van der Waals surface area contributed by atoms with E-state index in [4.69, 9.17) is 5.73 Å². The molecular formula is C22H43NO. The van der Waals surface area contributed by atoms with Gasteiger partial charge in [0.1, 0.15) is 5.78 Å². The van der Waals surface area contributed by atoms with Crippen LogP contribution in [0, 0.1) is 0 Å². The van der Waals surface area contributed by atoms with Gasteiger partial charge in [-0.1, -0.05) is 70.4 Å². The third-order valence-corrected chi connectivity index (χ3v) is 4.37. The minimum atomic E-state index is -0.348. The first kappa shape index (κ1) is 23.4. The standard InChI is InChI=1S/C22H43NO/c1-4-5-6-7-8-9-10-11-12-13-14-15-16-17-18-19-21(24)20-22(2,3)23/h11-12H,4-10,13-20,23H2,1-3H3/b12-11-. The highest BCUT2D eigenvalue weighted by Gasteiger charge is 2.15. The van der Waals surface area contributed by atoms with Crippen molar-refractivity contribution in [2.45, 2.75) is 123 Å². The molecule has 0 amide bonds. The van der Waals surface area contributed by atoms with Crippen molar-refractivity contribution in [3.8, 4) is 0 Å². The average Bonchev–Trinajstić information content (AvgIpc) is 2.49. The number of hydrogen-bond donors (Lipinski definition) is 1. The van der Waals surface area contributed by atoms with Gasteiger partial charge in [0.05, 0.1) is 0 Å². The third kappa shape index (κ3) is 19.4. The zero-order valence-corrected chi connectivity index (χ0v) is 16.7. The Kier molecular flexibility index (Phi) is 15.5. The SMILES string of the molecule is CCCCCCCC/C=C\CCCCCCCC(=O)CC(C)(C)N. The monoisotopic (exact) mass is 337 g/mol. The predicted molar refractivity (Wildman–Crippen MR) is 107 cm³/mol. The molecule has 2 nitrogen and oxygen atoms in total. The van der Waals surface area contributed by atoms with E-state index in [2.05, 4.69) is 19.1 Å². The summed E-state index contributed by atoms with van der Waals surface area (Å²) in [5, 5.41) is 0. The summed E-state index contributed by atoms with van der Waals surface area (Å²) in [4.78, 5) is 11.7. The van der Waals surface area contributed by atoms with Crippen LogP contribution in [0.4, 0.5) is 0 Å². The molecule has 0 bridgehead atoms. The van der Waals surface area contributed by atoms with Crippen molar-refractivity contribution in [1.29, 1.82) is 0 Å². The van der Waals surface area contributed by atoms with Crippen LogP contribution in [0.2, 0.25) is 0 Å². The van der Waals surface area contributed by atoms with E-state index in [-0.39, 0.29) is 5.54 Å². The molecule has 0 fully saturated rings. The Balaban J connectivity index is 3.25. The number of carbonyl (C=O) groups excluding carboxylic acids is 1. The van der Waals surface area contributed by atoms with E-state index in [1.54, 1.807) is 0 Å². The molecule has 0 saturated carbocycles. The van der Waals surface area contributed by atoms with Crippen molar-refractivity contribution in [1.82, 2.24) is 0 Å². The van der Waals surface area contributed by atoms with E-state index in [9.17, 15) is 4.79 Å². The van der Waals surface area contributed by atoms with E-state index in [1.165, 1.54) is 77.0 Å². The fraction of sp³-hybridized carbons (Fsp3) is 0.864. The van der Waals surface area contributed by atoms with Crippen LogP contribution in [0.3, 0.4) is 0 Å². The molecule has 0 rings (SSSR count). The van der Waals surface area contributed by atoms with Gasteiger partial charge in [-0.2, -0.15) is 0 Å². The third-order valence-electron chi connectivity index (χ3n) is 4.37. The van der Waals surface area contributed by atoms with E-state index in [0.29, 0.717) is 18.6 Å².